The number of terminal acetylenes is 1. The summed E-state index contributed by atoms with van der Waals surface area (Å²) in [6.45, 7) is 4.22. The first-order chi connectivity index (χ1) is 4.84. The van der Waals surface area contributed by atoms with Crippen LogP contribution in [0.15, 0.2) is 0 Å². The molecular weight excluding hydrogens is 142 g/mol. The molecule has 1 aliphatic heterocycles. The quantitative estimate of drug-likeness (QED) is 0.521. The SMILES string of the molecule is C#CCN1CCSCC1C. The van der Waals surface area contributed by atoms with Crippen LogP contribution in [0.2, 0.25) is 0 Å². The lowest BCUT2D eigenvalue weighted by molar-refractivity contribution is 0.262. The van der Waals surface area contributed by atoms with Crippen molar-refractivity contribution in [1.29, 1.82) is 0 Å². The maximum atomic E-state index is 5.22. The highest BCUT2D eigenvalue weighted by atomic mass is 32.2. The minimum Gasteiger partial charge on any atom is -0.288 e. The minimum absolute atomic E-state index is 0.676. The second-order valence-corrected chi connectivity index (χ2v) is 3.75. The largest absolute Gasteiger partial charge is 0.288 e. The molecular formula is C8H13NS. The van der Waals surface area contributed by atoms with Crippen LogP contribution in [0.3, 0.4) is 0 Å². The van der Waals surface area contributed by atoms with Crippen LogP contribution in [-0.2, 0) is 0 Å². The van der Waals surface area contributed by atoms with Gasteiger partial charge < -0.3 is 0 Å². The molecule has 0 amide bonds. The van der Waals surface area contributed by atoms with Crippen LogP contribution < -0.4 is 0 Å². The van der Waals surface area contributed by atoms with E-state index in [1.54, 1.807) is 0 Å². The van der Waals surface area contributed by atoms with Gasteiger partial charge in [0.15, 0.2) is 0 Å². The Labute approximate surface area is 67.2 Å². The molecule has 0 saturated carbocycles. The molecule has 0 radical (unpaired) electrons. The molecule has 1 fully saturated rings. The molecule has 0 N–H and O–H groups in total. The molecule has 0 aliphatic carbocycles. The summed E-state index contributed by atoms with van der Waals surface area (Å²) in [4.78, 5) is 2.36. The molecule has 56 valence electrons. The minimum atomic E-state index is 0.676. The first-order valence-electron chi connectivity index (χ1n) is 3.60. The van der Waals surface area contributed by atoms with Crippen LogP contribution in [0, 0.1) is 12.3 Å². The second kappa shape index (κ2) is 3.90. The number of thioether (sulfide) groups is 1. The molecule has 0 bridgehead atoms. The lowest BCUT2D eigenvalue weighted by atomic mass is 10.3. The zero-order valence-electron chi connectivity index (χ0n) is 6.34. The summed E-state index contributed by atoms with van der Waals surface area (Å²) < 4.78 is 0. The maximum Gasteiger partial charge on any atom is 0.0601 e. The van der Waals surface area contributed by atoms with Gasteiger partial charge in [-0.05, 0) is 6.92 Å². The summed E-state index contributed by atoms with van der Waals surface area (Å²) in [5.41, 5.74) is 0. The average molecular weight is 155 g/mol. The molecule has 1 nitrogen and oxygen atoms in total. The van der Waals surface area contributed by atoms with Gasteiger partial charge in [-0.3, -0.25) is 4.90 Å². The van der Waals surface area contributed by atoms with E-state index in [9.17, 15) is 0 Å². The van der Waals surface area contributed by atoms with Gasteiger partial charge in [-0.25, -0.2) is 0 Å². The Morgan fingerprint density at radius 1 is 1.80 bits per heavy atom. The predicted octanol–water partition coefficient (Wildman–Crippen LogP) is 1.06. The highest BCUT2D eigenvalue weighted by molar-refractivity contribution is 7.99. The Bertz CT molecular complexity index is 139. The first-order valence-corrected chi connectivity index (χ1v) is 4.75. The van der Waals surface area contributed by atoms with Crippen LogP contribution in [0.4, 0.5) is 0 Å². The summed E-state index contributed by atoms with van der Waals surface area (Å²) in [5.74, 6) is 5.16. The van der Waals surface area contributed by atoms with Crippen molar-refractivity contribution >= 4 is 11.8 Å². The summed E-state index contributed by atoms with van der Waals surface area (Å²) in [6.07, 6.45) is 5.22. The van der Waals surface area contributed by atoms with Gasteiger partial charge in [0, 0.05) is 24.1 Å². The van der Waals surface area contributed by atoms with Crippen molar-refractivity contribution in [2.24, 2.45) is 0 Å². The van der Waals surface area contributed by atoms with Gasteiger partial charge in [0.05, 0.1) is 6.54 Å². The van der Waals surface area contributed by atoms with Crippen LogP contribution in [-0.4, -0.2) is 35.5 Å². The van der Waals surface area contributed by atoms with E-state index < -0.39 is 0 Å². The third-order valence-corrected chi connectivity index (χ3v) is 2.99. The van der Waals surface area contributed by atoms with E-state index in [1.807, 2.05) is 11.8 Å². The Morgan fingerprint density at radius 3 is 3.20 bits per heavy atom. The fourth-order valence-corrected chi connectivity index (χ4v) is 2.20. The Balaban J connectivity index is 2.34. The zero-order chi connectivity index (χ0) is 7.40. The molecule has 1 atom stereocenters. The van der Waals surface area contributed by atoms with Gasteiger partial charge in [0.1, 0.15) is 0 Å². The third kappa shape index (κ3) is 1.93. The number of rotatable bonds is 1. The molecule has 2 heteroatoms. The Morgan fingerprint density at radius 2 is 2.60 bits per heavy atom. The Hall–Kier alpha value is -0.130. The number of nitrogens with zero attached hydrogens (tertiary/aromatic N) is 1. The molecule has 10 heavy (non-hydrogen) atoms. The molecule has 0 aromatic rings. The number of hydrogen-bond donors (Lipinski definition) is 0. The smallest absolute Gasteiger partial charge is 0.0601 e. The summed E-state index contributed by atoms with van der Waals surface area (Å²) >= 11 is 2.02. The summed E-state index contributed by atoms with van der Waals surface area (Å²) in [5, 5.41) is 0. The van der Waals surface area contributed by atoms with E-state index in [4.69, 9.17) is 6.42 Å². The Kier molecular flexibility index (Phi) is 3.11. The van der Waals surface area contributed by atoms with Crippen molar-refractivity contribution in [3.8, 4) is 12.3 Å². The first kappa shape index (κ1) is 7.97. The van der Waals surface area contributed by atoms with E-state index in [2.05, 4.69) is 17.7 Å². The highest BCUT2D eigenvalue weighted by Gasteiger charge is 2.16. The lowest BCUT2D eigenvalue weighted by Crippen LogP contribution is -2.40. The van der Waals surface area contributed by atoms with Gasteiger partial charge >= 0.3 is 0 Å². The zero-order valence-corrected chi connectivity index (χ0v) is 7.16. The van der Waals surface area contributed by atoms with E-state index >= 15 is 0 Å². The molecule has 1 heterocycles. The average Bonchev–Trinajstić information content (AvgIpc) is 1.94. The van der Waals surface area contributed by atoms with Gasteiger partial charge in [0.2, 0.25) is 0 Å². The highest BCUT2D eigenvalue weighted by Crippen LogP contribution is 2.14. The third-order valence-electron chi connectivity index (χ3n) is 1.80. The van der Waals surface area contributed by atoms with Gasteiger partial charge in [-0.2, -0.15) is 11.8 Å². The fraction of sp³-hybridized carbons (Fsp3) is 0.750. The monoisotopic (exact) mass is 155 g/mol. The van der Waals surface area contributed by atoms with Gasteiger partial charge in [-0.15, -0.1) is 6.42 Å². The fourth-order valence-electron chi connectivity index (χ4n) is 1.11. The lowest BCUT2D eigenvalue weighted by Gasteiger charge is -2.30. The van der Waals surface area contributed by atoms with E-state index in [-0.39, 0.29) is 0 Å². The molecule has 0 aromatic heterocycles. The van der Waals surface area contributed by atoms with Crippen LogP contribution >= 0.6 is 11.8 Å². The van der Waals surface area contributed by atoms with Crippen molar-refractivity contribution in [1.82, 2.24) is 4.90 Å². The standard InChI is InChI=1S/C8H13NS/c1-3-4-9-5-6-10-7-8(9)2/h1,8H,4-7H2,2H3. The van der Waals surface area contributed by atoms with Crippen LogP contribution in [0.25, 0.3) is 0 Å². The second-order valence-electron chi connectivity index (χ2n) is 2.60. The molecule has 0 aromatic carbocycles. The van der Waals surface area contributed by atoms with Gasteiger partial charge in [-0.1, -0.05) is 5.92 Å². The summed E-state index contributed by atoms with van der Waals surface area (Å²) in [6, 6.07) is 0.676. The van der Waals surface area contributed by atoms with E-state index in [1.165, 1.54) is 11.5 Å². The van der Waals surface area contributed by atoms with E-state index in [0.717, 1.165) is 13.1 Å². The van der Waals surface area contributed by atoms with Crippen molar-refractivity contribution < 1.29 is 0 Å². The van der Waals surface area contributed by atoms with Crippen molar-refractivity contribution in [3.05, 3.63) is 0 Å². The molecule has 1 aliphatic rings. The van der Waals surface area contributed by atoms with Crippen molar-refractivity contribution in [2.75, 3.05) is 24.6 Å². The molecule has 1 unspecified atom stereocenters. The topological polar surface area (TPSA) is 3.24 Å². The van der Waals surface area contributed by atoms with E-state index in [0.29, 0.717) is 6.04 Å². The van der Waals surface area contributed by atoms with Crippen LogP contribution in [0.5, 0.6) is 0 Å². The molecule has 1 saturated heterocycles. The van der Waals surface area contributed by atoms with Gasteiger partial charge in [0.25, 0.3) is 0 Å². The normalized spacial score (nSPS) is 27.8. The number of hydrogen-bond acceptors (Lipinski definition) is 2. The molecule has 0 spiro atoms. The maximum absolute atomic E-state index is 5.22. The molecule has 1 rings (SSSR count). The summed E-state index contributed by atoms with van der Waals surface area (Å²) in [7, 11) is 0. The van der Waals surface area contributed by atoms with Crippen molar-refractivity contribution in [3.63, 3.8) is 0 Å². The van der Waals surface area contributed by atoms with Crippen LogP contribution in [0.1, 0.15) is 6.92 Å². The van der Waals surface area contributed by atoms with Crippen molar-refractivity contribution in [2.45, 2.75) is 13.0 Å². The predicted molar refractivity (Wildman–Crippen MR) is 47.2 cm³/mol.